The number of nitrogens with zero attached hydrogens (tertiary/aromatic N) is 1. The van der Waals surface area contributed by atoms with E-state index in [0.29, 0.717) is 12.1 Å². The van der Waals surface area contributed by atoms with Crippen molar-refractivity contribution in [3.05, 3.63) is 48.8 Å². The summed E-state index contributed by atoms with van der Waals surface area (Å²) in [7, 11) is 0. The van der Waals surface area contributed by atoms with Crippen LogP contribution in [0.1, 0.15) is 20.9 Å². The fourth-order valence-corrected chi connectivity index (χ4v) is 3.37. The van der Waals surface area contributed by atoms with Gasteiger partial charge < -0.3 is 5.32 Å². The molecule has 6 heteroatoms. The third kappa shape index (κ3) is 3.18. The van der Waals surface area contributed by atoms with Crippen molar-refractivity contribution in [3.63, 3.8) is 0 Å². The van der Waals surface area contributed by atoms with Crippen molar-refractivity contribution in [3.8, 4) is 0 Å². The first-order valence-corrected chi connectivity index (χ1v) is 7.66. The maximum Gasteiger partial charge on any atom is 0.252 e. The van der Waals surface area contributed by atoms with Crippen molar-refractivity contribution in [2.24, 2.45) is 0 Å². The summed E-state index contributed by atoms with van der Waals surface area (Å²) in [5.74, 6) is -0.0952. The van der Waals surface area contributed by atoms with Crippen molar-refractivity contribution >= 4 is 49.1 Å². The molecule has 0 radical (unpaired) electrons. The summed E-state index contributed by atoms with van der Waals surface area (Å²) in [5.41, 5.74) is 3.38. The number of nitrogens with one attached hydrogen (secondary N) is 1. The molecule has 0 aliphatic carbocycles. The fraction of sp³-hybridized carbons (Fsp3) is 0.167. The monoisotopic (exact) mass is 388 g/mol. The summed E-state index contributed by atoms with van der Waals surface area (Å²) < 4.78 is 1.71. The SMILES string of the molecule is Cc1ncsc1CNC(=O)c1ccc(Br)cc1Br. The zero-order valence-electron chi connectivity index (χ0n) is 9.54. The number of rotatable bonds is 3. The predicted molar refractivity (Wildman–Crippen MR) is 79.9 cm³/mol. The maximum absolute atomic E-state index is 12.0. The summed E-state index contributed by atoms with van der Waals surface area (Å²) in [5, 5.41) is 2.89. The quantitative estimate of drug-likeness (QED) is 0.864. The highest BCUT2D eigenvalue weighted by Gasteiger charge is 2.11. The van der Waals surface area contributed by atoms with E-state index in [2.05, 4.69) is 42.2 Å². The van der Waals surface area contributed by atoms with Crippen molar-refractivity contribution in [1.82, 2.24) is 10.3 Å². The number of aryl methyl sites for hydroxylation is 1. The molecule has 1 amide bonds. The summed E-state index contributed by atoms with van der Waals surface area (Å²) in [6.07, 6.45) is 0. The summed E-state index contributed by atoms with van der Waals surface area (Å²) in [6.45, 7) is 2.45. The maximum atomic E-state index is 12.0. The highest BCUT2D eigenvalue weighted by atomic mass is 79.9. The Kier molecular flexibility index (Phi) is 4.53. The van der Waals surface area contributed by atoms with Gasteiger partial charge >= 0.3 is 0 Å². The van der Waals surface area contributed by atoms with Crippen LogP contribution in [0.3, 0.4) is 0 Å². The molecule has 0 saturated carbocycles. The van der Waals surface area contributed by atoms with Gasteiger partial charge in [0.05, 0.1) is 23.3 Å². The van der Waals surface area contributed by atoms with E-state index in [1.807, 2.05) is 19.1 Å². The molecule has 0 saturated heterocycles. The van der Waals surface area contributed by atoms with Gasteiger partial charge in [-0.05, 0) is 41.1 Å². The van der Waals surface area contributed by atoms with Crippen LogP contribution < -0.4 is 5.32 Å². The van der Waals surface area contributed by atoms with Gasteiger partial charge in [-0.25, -0.2) is 4.98 Å². The van der Waals surface area contributed by atoms with Gasteiger partial charge in [-0.3, -0.25) is 4.79 Å². The number of benzene rings is 1. The Morgan fingerprint density at radius 3 is 2.83 bits per heavy atom. The molecular weight excluding hydrogens is 380 g/mol. The lowest BCUT2D eigenvalue weighted by Gasteiger charge is -2.06. The molecule has 0 aliphatic heterocycles. The summed E-state index contributed by atoms with van der Waals surface area (Å²) in [6, 6.07) is 5.48. The largest absolute Gasteiger partial charge is 0.347 e. The van der Waals surface area contributed by atoms with Crippen molar-refractivity contribution in [2.45, 2.75) is 13.5 Å². The van der Waals surface area contributed by atoms with Gasteiger partial charge in [-0.2, -0.15) is 0 Å². The normalized spacial score (nSPS) is 10.4. The molecule has 0 unspecified atom stereocenters. The Labute approximate surface area is 126 Å². The van der Waals surface area contributed by atoms with Crippen LogP contribution in [0.2, 0.25) is 0 Å². The Morgan fingerprint density at radius 1 is 1.44 bits per heavy atom. The van der Waals surface area contributed by atoms with Gasteiger partial charge in [-0.15, -0.1) is 11.3 Å². The zero-order valence-corrected chi connectivity index (χ0v) is 13.5. The number of hydrogen-bond donors (Lipinski definition) is 1. The Balaban J connectivity index is 2.06. The Morgan fingerprint density at radius 2 is 2.22 bits per heavy atom. The summed E-state index contributed by atoms with van der Waals surface area (Å²) in [4.78, 5) is 17.2. The van der Waals surface area contributed by atoms with Gasteiger partial charge in [0.15, 0.2) is 0 Å². The first kappa shape index (κ1) is 13.7. The molecule has 0 aliphatic rings. The van der Waals surface area contributed by atoms with Crippen molar-refractivity contribution in [2.75, 3.05) is 0 Å². The van der Waals surface area contributed by atoms with Crippen molar-refractivity contribution < 1.29 is 4.79 Å². The number of hydrogen-bond acceptors (Lipinski definition) is 3. The molecule has 18 heavy (non-hydrogen) atoms. The molecule has 1 aromatic heterocycles. The molecule has 0 bridgehead atoms. The average Bonchev–Trinajstić information content (AvgIpc) is 2.72. The van der Waals surface area contributed by atoms with Crippen molar-refractivity contribution in [1.29, 1.82) is 0 Å². The van der Waals surface area contributed by atoms with Crippen LogP contribution in [0.5, 0.6) is 0 Å². The lowest BCUT2D eigenvalue weighted by atomic mass is 10.2. The molecule has 1 heterocycles. The van der Waals surface area contributed by atoms with E-state index in [0.717, 1.165) is 19.5 Å². The smallest absolute Gasteiger partial charge is 0.252 e. The number of carbonyl (C=O) groups is 1. The van der Waals surface area contributed by atoms with Crippen LogP contribution in [-0.4, -0.2) is 10.9 Å². The molecule has 2 aromatic rings. The minimum atomic E-state index is -0.0952. The minimum absolute atomic E-state index is 0.0952. The molecule has 3 nitrogen and oxygen atoms in total. The summed E-state index contributed by atoms with van der Waals surface area (Å²) >= 11 is 8.29. The van der Waals surface area contributed by atoms with Crippen LogP contribution in [0.4, 0.5) is 0 Å². The van der Waals surface area contributed by atoms with Gasteiger partial charge in [0.1, 0.15) is 0 Å². The number of halogens is 2. The first-order valence-electron chi connectivity index (χ1n) is 5.20. The van der Waals surface area contributed by atoms with Crippen LogP contribution >= 0.6 is 43.2 Å². The second kappa shape index (κ2) is 5.95. The van der Waals surface area contributed by atoms with Crippen LogP contribution in [-0.2, 0) is 6.54 Å². The van der Waals surface area contributed by atoms with Gasteiger partial charge in [0.25, 0.3) is 5.91 Å². The van der Waals surface area contributed by atoms with E-state index >= 15 is 0 Å². The van der Waals surface area contributed by atoms with E-state index in [1.54, 1.807) is 22.9 Å². The number of amides is 1. The number of thiazole rings is 1. The van der Waals surface area contributed by atoms with Gasteiger partial charge in [0.2, 0.25) is 0 Å². The first-order chi connectivity index (χ1) is 8.58. The van der Waals surface area contributed by atoms with Gasteiger partial charge in [-0.1, -0.05) is 15.9 Å². The van der Waals surface area contributed by atoms with Crippen LogP contribution in [0.25, 0.3) is 0 Å². The average molecular weight is 390 g/mol. The second-order valence-corrected chi connectivity index (χ2v) is 6.38. The lowest BCUT2D eigenvalue weighted by Crippen LogP contribution is -2.23. The highest BCUT2D eigenvalue weighted by molar-refractivity contribution is 9.11. The third-order valence-corrected chi connectivity index (χ3v) is 4.51. The van der Waals surface area contributed by atoms with Gasteiger partial charge in [0, 0.05) is 13.8 Å². The van der Waals surface area contributed by atoms with E-state index in [1.165, 1.54) is 0 Å². The lowest BCUT2D eigenvalue weighted by molar-refractivity contribution is 0.0950. The van der Waals surface area contributed by atoms with E-state index in [-0.39, 0.29) is 5.91 Å². The number of carbonyl (C=O) groups excluding carboxylic acids is 1. The molecule has 0 spiro atoms. The molecule has 2 rings (SSSR count). The Hall–Kier alpha value is -0.720. The highest BCUT2D eigenvalue weighted by Crippen LogP contribution is 2.22. The number of aromatic nitrogens is 1. The fourth-order valence-electron chi connectivity index (χ4n) is 1.43. The minimum Gasteiger partial charge on any atom is -0.347 e. The molecule has 94 valence electrons. The van der Waals surface area contributed by atoms with E-state index in [9.17, 15) is 4.79 Å². The molecular formula is C12H10Br2N2OS. The second-order valence-electron chi connectivity index (χ2n) is 3.67. The molecule has 1 aromatic carbocycles. The molecule has 0 atom stereocenters. The van der Waals surface area contributed by atoms with E-state index in [4.69, 9.17) is 0 Å². The van der Waals surface area contributed by atoms with E-state index < -0.39 is 0 Å². The van der Waals surface area contributed by atoms with Crippen LogP contribution in [0.15, 0.2) is 32.7 Å². The molecule has 1 N–H and O–H groups in total. The Bertz CT molecular complexity index is 583. The predicted octanol–water partition coefficient (Wildman–Crippen LogP) is 3.91. The standard InChI is InChI=1S/C12H10Br2N2OS/c1-7-11(18-6-16-7)5-15-12(17)9-3-2-8(13)4-10(9)14/h2-4,6H,5H2,1H3,(H,15,17). The van der Waals surface area contributed by atoms with Crippen LogP contribution in [0, 0.1) is 6.92 Å². The topological polar surface area (TPSA) is 42.0 Å². The zero-order chi connectivity index (χ0) is 13.1. The molecule has 0 fully saturated rings. The third-order valence-electron chi connectivity index (χ3n) is 2.43.